The summed E-state index contributed by atoms with van der Waals surface area (Å²) in [6.07, 6.45) is 2.87. The molecule has 0 spiro atoms. The summed E-state index contributed by atoms with van der Waals surface area (Å²) in [5.41, 5.74) is 0.590. The number of rotatable bonds is 8. The van der Waals surface area contributed by atoms with Crippen LogP contribution in [0.2, 0.25) is 0 Å². The van der Waals surface area contributed by atoms with Crippen LogP contribution < -0.4 is 10.6 Å². The zero-order valence-electron chi connectivity index (χ0n) is 14.5. The molecule has 7 heteroatoms. The summed E-state index contributed by atoms with van der Waals surface area (Å²) >= 11 is 0. The van der Waals surface area contributed by atoms with Crippen LogP contribution >= 0.6 is 0 Å². The molecule has 2 N–H and O–H groups in total. The van der Waals surface area contributed by atoms with Crippen LogP contribution in [0.25, 0.3) is 0 Å². The highest BCUT2D eigenvalue weighted by atomic mass is 16.2. The molecule has 0 atom stereocenters. The number of anilines is 1. The molecule has 0 aliphatic heterocycles. The maximum absolute atomic E-state index is 12.4. The van der Waals surface area contributed by atoms with Crippen molar-refractivity contribution in [2.24, 2.45) is 0 Å². The number of nitrogens with one attached hydrogen (secondary N) is 2. The van der Waals surface area contributed by atoms with Gasteiger partial charge in [-0.25, -0.2) is 9.97 Å². The Bertz CT molecular complexity index is 702. The minimum atomic E-state index is -0.358. The standard InChI is InChI=1S/C18H23N5O2/c1-3-23(4-2)13-12-21-18(25)15-16(20-11-10-19-15)22-17(24)14-8-6-5-7-9-14/h5-11H,3-4,12-13H2,1-2H3,(H,21,25)(H,20,22,24). The molecule has 1 aromatic heterocycles. The van der Waals surface area contributed by atoms with Gasteiger partial charge in [0.1, 0.15) is 0 Å². The Morgan fingerprint density at radius 3 is 2.36 bits per heavy atom. The Balaban J connectivity index is 2.02. The molecule has 0 aliphatic rings. The Morgan fingerprint density at radius 2 is 1.68 bits per heavy atom. The predicted octanol–water partition coefficient (Wildman–Crippen LogP) is 1.80. The fraction of sp³-hybridized carbons (Fsp3) is 0.333. The molecule has 0 aliphatic carbocycles. The van der Waals surface area contributed by atoms with Crippen LogP contribution in [0.1, 0.15) is 34.7 Å². The Kier molecular flexibility index (Phi) is 7.03. The number of benzene rings is 1. The van der Waals surface area contributed by atoms with Crippen LogP contribution in [0.4, 0.5) is 5.82 Å². The molecule has 0 saturated carbocycles. The van der Waals surface area contributed by atoms with Crippen LogP contribution in [0, 0.1) is 0 Å². The van der Waals surface area contributed by atoms with Gasteiger partial charge in [0.2, 0.25) is 0 Å². The zero-order chi connectivity index (χ0) is 18.1. The van der Waals surface area contributed by atoms with Gasteiger partial charge < -0.3 is 15.5 Å². The van der Waals surface area contributed by atoms with Gasteiger partial charge in [-0.1, -0.05) is 32.0 Å². The van der Waals surface area contributed by atoms with E-state index in [1.807, 2.05) is 6.07 Å². The largest absolute Gasteiger partial charge is 0.349 e. The van der Waals surface area contributed by atoms with Crippen LogP contribution in [0.15, 0.2) is 42.7 Å². The van der Waals surface area contributed by atoms with E-state index in [0.29, 0.717) is 12.1 Å². The number of likely N-dealkylation sites (N-methyl/N-ethyl adjacent to an activating group) is 1. The molecule has 7 nitrogen and oxygen atoms in total. The molecule has 132 valence electrons. The molecule has 25 heavy (non-hydrogen) atoms. The van der Waals surface area contributed by atoms with E-state index in [4.69, 9.17) is 0 Å². The van der Waals surface area contributed by atoms with Crippen LogP contribution in [0.3, 0.4) is 0 Å². The molecule has 0 radical (unpaired) electrons. The van der Waals surface area contributed by atoms with E-state index in [1.54, 1.807) is 24.3 Å². The highest BCUT2D eigenvalue weighted by Crippen LogP contribution is 2.10. The smallest absolute Gasteiger partial charge is 0.273 e. The summed E-state index contributed by atoms with van der Waals surface area (Å²) in [6.45, 7) is 7.26. The van der Waals surface area contributed by atoms with Crippen molar-refractivity contribution in [1.82, 2.24) is 20.2 Å². The maximum atomic E-state index is 12.4. The molecule has 2 rings (SSSR count). The summed E-state index contributed by atoms with van der Waals surface area (Å²) in [5, 5.41) is 5.46. The van der Waals surface area contributed by atoms with Crippen molar-refractivity contribution in [2.45, 2.75) is 13.8 Å². The van der Waals surface area contributed by atoms with Crippen molar-refractivity contribution < 1.29 is 9.59 Å². The third-order valence-corrected chi connectivity index (χ3v) is 3.79. The second-order valence-electron chi connectivity index (χ2n) is 5.36. The number of carbonyl (C=O) groups is 2. The lowest BCUT2D eigenvalue weighted by Crippen LogP contribution is -2.35. The van der Waals surface area contributed by atoms with Gasteiger partial charge in [0.05, 0.1) is 0 Å². The van der Waals surface area contributed by atoms with Gasteiger partial charge in [0, 0.05) is 31.0 Å². The van der Waals surface area contributed by atoms with Crippen molar-refractivity contribution in [2.75, 3.05) is 31.5 Å². The molecular weight excluding hydrogens is 318 g/mol. The molecule has 1 aromatic carbocycles. The summed E-state index contributed by atoms with van der Waals surface area (Å²) in [5.74, 6) is -0.543. The number of carbonyl (C=O) groups excluding carboxylic acids is 2. The van der Waals surface area contributed by atoms with Crippen molar-refractivity contribution in [3.05, 3.63) is 54.0 Å². The summed E-state index contributed by atoms with van der Waals surface area (Å²) in [4.78, 5) is 34.9. The molecule has 2 amide bonds. The number of amides is 2. The normalized spacial score (nSPS) is 10.5. The highest BCUT2D eigenvalue weighted by molar-refractivity contribution is 6.07. The SMILES string of the molecule is CCN(CC)CCNC(=O)c1nccnc1NC(=O)c1ccccc1. The van der Waals surface area contributed by atoms with Crippen molar-refractivity contribution >= 4 is 17.6 Å². The zero-order valence-corrected chi connectivity index (χ0v) is 14.5. The summed E-state index contributed by atoms with van der Waals surface area (Å²) in [6, 6.07) is 8.75. The Hall–Kier alpha value is -2.80. The van der Waals surface area contributed by atoms with Gasteiger partial charge in [-0.3, -0.25) is 9.59 Å². The van der Waals surface area contributed by atoms with E-state index in [-0.39, 0.29) is 23.3 Å². The number of hydrogen-bond donors (Lipinski definition) is 2. The van der Waals surface area contributed by atoms with Gasteiger partial charge in [-0.2, -0.15) is 0 Å². The molecular formula is C18H23N5O2. The fourth-order valence-corrected chi connectivity index (χ4v) is 2.32. The molecule has 0 fully saturated rings. The first-order chi connectivity index (χ1) is 12.2. The van der Waals surface area contributed by atoms with Crippen molar-refractivity contribution in [3.8, 4) is 0 Å². The lowest BCUT2D eigenvalue weighted by molar-refractivity contribution is 0.0944. The monoisotopic (exact) mass is 341 g/mol. The molecule has 0 bridgehead atoms. The lowest BCUT2D eigenvalue weighted by atomic mass is 10.2. The number of hydrogen-bond acceptors (Lipinski definition) is 5. The van der Waals surface area contributed by atoms with Gasteiger partial charge in [0.25, 0.3) is 11.8 Å². The van der Waals surface area contributed by atoms with Gasteiger partial charge >= 0.3 is 0 Å². The molecule has 0 unspecified atom stereocenters. The number of aromatic nitrogens is 2. The first-order valence-corrected chi connectivity index (χ1v) is 8.33. The van der Waals surface area contributed by atoms with Crippen molar-refractivity contribution in [1.29, 1.82) is 0 Å². The predicted molar refractivity (Wildman–Crippen MR) is 96.5 cm³/mol. The molecule has 1 heterocycles. The van der Waals surface area contributed by atoms with Gasteiger partial charge in [-0.05, 0) is 25.2 Å². The average molecular weight is 341 g/mol. The van der Waals surface area contributed by atoms with E-state index in [1.165, 1.54) is 12.4 Å². The molecule has 2 aromatic rings. The van der Waals surface area contributed by atoms with E-state index in [2.05, 4.69) is 39.3 Å². The minimum absolute atomic E-state index is 0.103. The van der Waals surface area contributed by atoms with E-state index >= 15 is 0 Å². The topological polar surface area (TPSA) is 87.2 Å². The second kappa shape index (κ2) is 9.48. The van der Waals surface area contributed by atoms with E-state index in [0.717, 1.165) is 19.6 Å². The number of nitrogens with zero attached hydrogens (tertiary/aromatic N) is 3. The minimum Gasteiger partial charge on any atom is -0.349 e. The fourth-order valence-electron chi connectivity index (χ4n) is 2.32. The Morgan fingerprint density at radius 1 is 1.00 bits per heavy atom. The van der Waals surface area contributed by atoms with Crippen LogP contribution in [-0.4, -0.2) is 52.9 Å². The summed E-state index contributed by atoms with van der Waals surface area (Å²) in [7, 11) is 0. The third kappa shape index (κ3) is 5.36. The molecule has 0 saturated heterocycles. The summed E-state index contributed by atoms with van der Waals surface area (Å²) < 4.78 is 0. The quantitative estimate of drug-likeness (QED) is 0.764. The lowest BCUT2D eigenvalue weighted by Gasteiger charge is -2.18. The highest BCUT2D eigenvalue weighted by Gasteiger charge is 2.16. The van der Waals surface area contributed by atoms with Gasteiger partial charge in [0.15, 0.2) is 11.5 Å². The first kappa shape index (κ1) is 18.5. The second-order valence-corrected chi connectivity index (χ2v) is 5.36. The van der Waals surface area contributed by atoms with Crippen molar-refractivity contribution in [3.63, 3.8) is 0 Å². The van der Waals surface area contributed by atoms with Crippen LogP contribution in [-0.2, 0) is 0 Å². The van der Waals surface area contributed by atoms with E-state index in [9.17, 15) is 9.59 Å². The Labute approximate surface area is 147 Å². The van der Waals surface area contributed by atoms with E-state index < -0.39 is 0 Å². The van der Waals surface area contributed by atoms with Crippen LogP contribution in [0.5, 0.6) is 0 Å². The van der Waals surface area contributed by atoms with Gasteiger partial charge in [-0.15, -0.1) is 0 Å². The maximum Gasteiger partial charge on any atom is 0.273 e. The average Bonchev–Trinajstić information content (AvgIpc) is 2.66. The first-order valence-electron chi connectivity index (χ1n) is 8.33. The third-order valence-electron chi connectivity index (χ3n) is 3.79.